The summed E-state index contributed by atoms with van der Waals surface area (Å²) in [5.41, 5.74) is 1.09. The van der Waals surface area contributed by atoms with E-state index in [4.69, 9.17) is 18.9 Å². The SMILES string of the molecule is CC/C=C(\C)C(O)C(C)C(C[C@H]1C(C)=C[C@H]2C[C@@H](C)C[C@@H](C)[C@@H]2[C@@]1(C)C(=O)CC1OCCO1)O[C@@H]1O[C@H](CO)[C@@H](O)[C@H](O)[C@H]1O. The molecule has 3 unspecified atom stereocenters. The Hall–Kier alpha value is -1.21. The number of fused-ring (bicyclic) bond motifs is 1. The van der Waals surface area contributed by atoms with E-state index >= 15 is 0 Å². The predicted molar refractivity (Wildman–Crippen MR) is 168 cm³/mol. The van der Waals surface area contributed by atoms with Crippen LogP contribution in [0.5, 0.6) is 0 Å². The van der Waals surface area contributed by atoms with Crippen molar-refractivity contribution in [1.29, 1.82) is 0 Å². The van der Waals surface area contributed by atoms with Gasteiger partial charge in [0.15, 0.2) is 12.6 Å². The van der Waals surface area contributed by atoms with E-state index in [1.807, 2.05) is 26.8 Å². The topological polar surface area (TPSA) is 155 Å². The number of hydrogen-bond donors (Lipinski definition) is 5. The number of carbonyl (C=O) groups is 1. The summed E-state index contributed by atoms with van der Waals surface area (Å²) in [6.07, 6.45) is -1.78. The molecule has 0 amide bonds. The van der Waals surface area contributed by atoms with Crippen molar-refractivity contribution in [3.05, 3.63) is 23.3 Å². The standard InChI is InChI=1S/C35H58O10/c1-8-9-19(3)30(38)22(6)25(44-34-33(41)32(40)31(39)26(17-36)45-34)15-24-20(4)14-23-13-18(2)12-21(5)29(23)35(24,7)27(37)16-28-42-10-11-43-28/h9,14,18,21-26,28-34,36,38-41H,8,10-13,15-17H2,1-7H3/b19-9+/t18-,21+,22?,23+,24-,25?,26+,29-,30?,31+,32-,33+,34+,35+/m0/s1. The Morgan fingerprint density at radius 3 is 2.42 bits per heavy atom. The third kappa shape index (κ3) is 7.60. The highest BCUT2D eigenvalue weighted by molar-refractivity contribution is 5.86. The molecule has 2 heterocycles. The maximum absolute atomic E-state index is 14.6. The highest BCUT2D eigenvalue weighted by atomic mass is 16.7. The van der Waals surface area contributed by atoms with E-state index < -0.39 is 67.1 Å². The lowest BCUT2D eigenvalue weighted by molar-refractivity contribution is -0.317. The molecule has 1 saturated carbocycles. The Morgan fingerprint density at radius 2 is 1.80 bits per heavy atom. The summed E-state index contributed by atoms with van der Waals surface area (Å²) in [6.45, 7) is 14.8. The van der Waals surface area contributed by atoms with Gasteiger partial charge in [-0.1, -0.05) is 52.3 Å². The van der Waals surface area contributed by atoms with E-state index in [-0.39, 0.29) is 30.0 Å². The maximum atomic E-state index is 14.6. The molecule has 5 N–H and O–H groups in total. The number of rotatable bonds is 12. The molecule has 0 aromatic rings. The average molecular weight is 639 g/mol. The first-order chi connectivity index (χ1) is 21.2. The summed E-state index contributed by atoms with van der Waals surface area (Å²) in [4.78, 5) is 14.6. The summed E-state index contributed by atoms with van der Waals surface area (Å²) in [5, 5.41) is 53.0. The number of ketones is 1. The predicted octanol–water partition coefficient (Wildman–Crippen LogP) is 3.13. The third-order valence-electron chi connectivity index (χ3n) is 11.3. The second-order valence-corrected chi connectivity index (χ2v) is 14.6. The van der Waals surface area contributed by atoms with E-state index in [2.05, 4.69) is 33.8 Å². The normalized spacial score (nSPS) is 41.7. The summed E-state index contributed by atoms with van der Waals surface area (Å²) in [5.74, 6) is 0.526. The summed E-state index contributed by atoms with van der Waals surface area (Å²) >= 11 is 0. The minimum Gasteiger partial charge on any atom is -0.394 e. The van der Waals surface area contributed by atoms with E-state index in [9.17, 15) is 30.3 Å². The zero-order valence-corrected chi connectivity index (χ0v) is 28.2. The highest BCUT2D eigenvalue weighted by Crippen LogP contribution is 2.58. The van der Waals surface area contributed by atoms with E-state index in [0.717, 1.165) is 30.4 Å². The fourth-order valence-electron chi connectivity index (χ4n) is 9.02. The van der Waals surface area contributed by atoms with Gasteiger partial charge in [0.2, 0.25) is 0 Å². The zero-order valence-electron chi connectivity index (χ0n) is 28.2. The number of carbonyl (C=O) groups excluding carboxylic acids is 1. The van der Waals surface area contributed by atoms with Crippen LogP contribution >= 0.6 is 0 Å². The van der Waals surface area contributed by atoms with Crippen LogP contribution < -0.4 is 0 Å². The molecule has 258 valence electrons. The van der Waals surface area contributed by atoms with Crippen molar-refractivity contribution >= 4 is 5.78 Å². The first kappa shape index (κ1) is 36.6. The second-order valence-electron chi connectivity index (χ2n) is 14.6. The van der Waals surface area contributed by atoms with Gasteiger partial charge >= 0.3 is 0 Å². The number of hydrogen-bond acceptors (Lipinski definition) is 10. The van der Waals surface area contributed by atoms with Crippen LogP contribution in [-0.4, -0.2) is 100 Å². The van der Waals surface area contributed by atoms with Gasteiger partial charge in [-0.3, -0.25) is 4.79 Å². The van der Waals surface area contributed by atoms with Gasteiger partial charge in [-0.05, 0) is 74.7 Å². The summed E-state index contributed by atoms with van der Waals surface area (Å²) in [7, 11) is 0. The lowest BCUT2D eigenvalue weighted by Gasteiger charge is -2.55. The van der Waals surface area contributed by atoms with Gasteiger partial charge in [0, 0.05) is 11.3 Å². The molecular formula is C35H58O10. The molecular weight excluding hydrogens is 580 g/mol. The number of allylic oxidation sites excluding steroid dienone is 3. The fourth-order valence-corrected chi connectivity index (χ4v) is 9.02. The zero-order chi connectivity index (χ0) is 33.2. The van der Waals surface area contributed by atoms with Gasteiger partial charge < -0.3 is 44.5 Å². The largest absolute Gasteiger partial charge is 0.394 e. The van der Waals surface area contributed by atoms with Crippen molar-refractivity contribution in [3.63, 3.8) is 0 Å². The minimum absolute atomic E-state index is 0.0881. The molecule has 0 aromatic carbocycles. The molecule has 0 spiro atoms. The lowest BCUT2D eigenvalue weighted by atomic mass is 9.48. The Balaban J connectivity index is 1.74. The molecule has 14 atom stereocenters. The van der Waals surface area contributed by atoms with Crippen LogP contribution in [0, 0.1) is 40.9 Å². The van der Waals surface area contributed by atoms with Crippen molar-refractivity contribution < 1.29 is 49.3 Å². The molecule has 2 aliphatic heterocycles. The van der Waals surface area contributed by atoms with E-state index in [0.29, 0.717) is 31.5 Å². The Morgan fingerprint density at radius 1 is 1.13 bits per heavy atom. The van der Waals surface area contributed by atoms with Gasteiger partial charge in [0.05, 0.1) is 38.4 Å². The number of aliphatic hydroxyl groups excluding tert-OH is 5. The van der Waals surface area contributed by atoms with Gasteiger partial charge in [-0.2, -0.15) is 0 Å². The van der Waals surface area contributed by atoms with Crippen molar-refractivity contribution in [2.24, 2.45) is 40.9 Å². The molecule has 0 bridgehead atoms. The van der Waals surface area contributed by atoms with Crippen LogP contribution in [-0.2, 0) is 23.7 Å². The van der Waals surface area contributed by atoms with Crippen LogP contribution in [0.3, 0.4) is 0 Å². The number of ether oxygens (including phenoxy) is 4. The maximum Gasteiger partial charge on any atom is 0.186 e. The fraction of sp³-hybridized carbons (Fsp3) is 0.857. The van der Waals surface area contributed by atoms with Gasteiger partial charge in [-0.15, -0.1) is 0 Å². The van der Waals surface area contributed by atoms with Crippen molar-refractivity contribution in [1.82, 2.24) is 0 Å². The van der Waals surface area contributed by atoms with Crippen molar-refractivity contribution in [2.75, 3.05) is 19.8 Å². The van der Waals surface area contributed by atoms with E-state index in [1.54, 1.807) is 0 Å². The number of Topliss-reactive ketones (excluding diaryl/α,β-unsaturated/α-hetero) is 1. The summed E-state index contributed by atoms with van der Waals surface area (Å²) < 4.78 is 23.7. The van der Waals surface area contributed by atoms with Crippen LogP contribution in [0.15, 0.2) is 23.3 Å². The van der Waals surface area contributed by atoms with Gasteiger partial charge in [0.25, 0.3) is 0 Å². The first-order valence-electron chi connectivity index (χ1n) is 17.0. The molecule has 0 aromatic heterocycles. The van der Waals surface area contributed by atoms with Crippen LogP contribution in [0.2, 0.25) is 0 Å². The minimum atomic E-state index is -1.59. The molecule has 10 nitrogen and oxygen atoms in total. The number of aliphatic hydroxyl groups is 5. The lowest BCUT2D eigenvalue weighted by Crippen LogP contribution is -2.60. The molecule has 4 aliphatic rings. The molecule has 2 saturated heterocycles. The monoisotopic (exact) mass is 638 g/mol. The van der Waals surface area contributed by atoms with E-state index in [1.165, 1.54) is 0 Å². The first-order valence-corrected chi connectivity index (χ1v) is 17.0. The highest BCUT2D eigenvalue weighted by Gasteiger charge is 2.57. The van der Waals surface area contributed by atoms with Crippen LogP contribution in [0.4, 0.5) is 0 Å². The second kappa shape index (κ2) is 15.3. The quantitative estimate of drug-likeness (QED) is 0.201. The van der Waals surface area contributed by atoms with Crippen LogP contribution in [0.25, 0.3) is 0 Å². The average Bonchev–Trinajstić information content (AvgIpc) is 3.50. The molecule has 2 aliphatic carbocycles. The van der Waals surface area contributed by atoms with Gasteiger partial charge in [-0.25, -0.2) is 0 Å². The van der Waals surface area contributed by atoms with Crippen molar-refractivity contribution in [2.45, 2.75) is 130 Å². The van der Waals surface area contributed by atoms with Crippen LogP contribution in [0.1, 0.15) is 80.6 Å². The third-order valence-corrected chi connectivity index (χ3v) is 11.3. The Kier molecular flexibility index (Phi) is 12.5. The molecule has 45 heavy (non-hydrogen) atoms. The molecule has 10 heteroatoms. The van der Waals surface area contributed by atoms with Gasteiger partial charge in [0.1, 0.15) is 30.2 Å². The molecule has 4 rings (SSSR count). The summed E-state index contributed by atoms with van der Waals surface area (Å²) in [6, 6.07) is 0. The Labute approximate surface area is 268 Å². The Bertz CT molecular complexity index is 1050. The van der Waals surface area contributed by atoms with Crippen molar-refractivity contribution in [3.8, 4) is 0 Å². The molecule has 3 fully saturated rings. The molecule has 0 radical (unpaired) electrons. The smallest absolute Gasteiger partial charge is 0.186 e.